The molecule has 2 aromatic carbocycles. The number of benzene rings is 2. The fourth-order valence-corrected chi connectivity index (χ4v) is 4.10. The van der Waals surface area contributed by atoms with Crippen molar-refractivity contribution in [3.05, 3.63) is 94.3 Å². The second-order valence-corrected chi connectivity index (χ2v) is 8.21. The summed E-state index contributed by atoms with van der Waals surface area (Å²) >= 11 is 5.98. The minimum atomic E-state index is -0.136. The molecule has 3 aromatic rings. The van der Waals surface area contributed by atoms with E-state index < -0.39 is 0 Å². The molecule has 1 unspecified atom stereocenters. The topological polar surface area (TPSA) is 62.3 Å². The third kappa shape index (κ3) is 5.12. The van der Waals surface area contributed by atoms with Crippen molar-refractivity contribution in [2.75, 3.05) is 11.9 Å². The normalized spacial score (nSPS) is 15.7. The highest BCUT2D eigenvalue weighted by molar-refractivity contribution is 6.30. The van der Waals surface area contributed by atoms with E-state index in [4.69, 9.17) is 16.6 Å². The first-order valence-corrected chi connectivity index (χ1v) is 10.8. The van der Waals surface area contributed by atoms with Gasteiger partial charge >= 0.3 is 0 Å². The summed E-state index contributed by atoms with van der Waals surface area (Å²) in [6.45, 7) is 2.17. The van der Waals surface area contributed by atoms with Gasteiger partial charge in [-0.15, -0.1) is 0 Å². The molecule has 1 fully saturated rings. The summed E-state index contributed by atoms with van der Waals surface area (Å²) in [4.78, 5) is 31.1. The summed E-state index contributed by atoms with van der Waals surface area (Å²) in [6.07, 6.45) is 2.56. The molecule has 0 aliphatic carbocycles. The summed E-state index contributed by atoms with van der Waals surface area (Å²) in [7, 11) is 0. The number of amides is 2. The molecule has 0 radical (unpaired) electrons. The van der Waals surface area contributed by atoms with Crippen LogP contribution in [0.5, 0.6) is 0 Å². The monoisotopic (exact) mass is 433 g/mol. The number of carbonyl (C=O) groups excluding carboxylic acids is 2. The van der Waals surface area contributed by atoms with Gasteiger partial charge in [0.2, 0.25) is 5.91 Å². The highest BCUT2D eigenvalue weighted by atomic mass is 35.5. The van der Waals surface area contributed by atoms with Crippen molar-refractivity contribution in [3.8, 4) is 0 Å². The molecule has 1 saturated heterocycles. The summed E-state index contributed by atoms with van der Waals surface area (Å²) in [5.41, 5.74) is 4.33. The fraction of sp³-hybridized carbons (Fsp3) is 0.240. The number of hydrogen-bond donors (Lipinski definition) is 1. The number of anilines is 1. The molecule has 158 valence electrons. The lowest BCUT2D eigenvalue weighted by Crippen LogP contribution is -2.31. The summed E-state index contributed by atoms with van der Waals surface area (Å²) in [5.74, 6) is -0.148. The van der Waals surface area contributed by atoms with Crippen LogP contribution in [0.15, 0.2) is 66.7 Å². The third-order valence-corrected chi connectivity index (χ3v) is 5.69. The minimum absolute atomic E-state index is 0.0122. The Morgan fingerprint density at radius 3 is 2.52 bits per heavy atom. The summed E-state index contributed by atoms with van der Waals surface area (Å²) in [5, 5.41) is 3.44. The number of nitrogens with zero attached hydrogens (tertiary/aromatic N) is 2. The molecule has 1 aliphatic rings. The van der Waals surface area contributed by atoms with E-state index in [1.807, 2.05) is 47.4 Å². The van der Waals surface area contributed by atoms with Gasteiger partial charge in [0.05, 0.1) is 11.7 Å². The lowest BCUT2D eigenvalue weighted by atomic mass is 10.1. The van der Waals surface area contributed by atoms with Gasteiger partial charge in [-0.25, -0.2) is 0 Å². The van der Waals surface area contributed by atoms with E-state index in [2.05, 4.69) is 5.32 Å². The number of likely N-dealkylation sites (tertiary alicyclic amines) is 1. The quantitative estimate of drug-likeness (QED) is 0.596. The van der Waals surface area contributed by atoms with E-state index >= 15 is 0 Å². The molecule has 1 N–H and O–H groups in total. The van der Waals surface area contributed by atoms with Crippen LogP contribution < -0.4 is 5.32 Å². The van der Waals surface area contributed by atoms with Gasteiger partial charge in [-0.3, -0.25) is 14.6 Å². The van der Waals surface area contributed by atoms with Gasteiger partial charge in [0.25, 0.3) is 5.91 Å². The van der Waals surface area contributed by atoms with Crippen molar-refractivity contribution in [1.29, 1.82) is 0 Å². The van der Waals surface area contributed by atoms with E-state index in [9.17, 15) is 9.59 Å². The number of rotatable bonds is 5. The molecular weight excluding hydrogens is 410 g/mol. The van der Waals surface area contributed by atoms with Crippen LogP contribution in [0, 0.1) is 0 Å². The molecule has 5 nitrogen and oxygen atoms in total. The second-order valence-electron chi connectivity index (χ2n) is 7.77. The van der Waals surface area contributed by atoms with Crippen LogP contribution in [0.1, 0.15) is 53.1 Å². The van der Waals surface area contributed by atoms with Crippen LogP contribution in [0.2, 0.25) is 5.02 Å². The number of nitrogens with one attached hydrogen (secondary N) is 1. The van der Waals surface area contributed by atoms with Crippen molar-refractivity contribution in [2.24, 2.45) is 0 Å². The molecule has 0 saturated carbocycles. The number of hydrogen-bond acceptors (Lipinski definition) is 3. The van der Waals surface area contributed by atoms with Crippen LogP contribution >= 0.6 is 11.6 Å². The first-order chi connectivity index (χ1) is 15.0. The Balaban J connectivity index is 1.50. The average molecular weight is 434 g/mol. The Morgan fingerprint density at radius 2 is 1.81 bits per heavy atom. The van der Waals surface area contributed by atoms with Crippen LogP contribution in [-0.2, 0) is 11.2 Å². The maximum atomic E-state index is 13.2. The molecule has 0 spiro atoms. The van der Waals surface area contributed by atoms with Crippen LogP contribution in [0.25, 0.3) is 0 Å². The highest BCUT2D eigenvalue weighted by Crippen LogP contribution is 2.32. The molecule has 31 heavy (non-hydrogen) atoms. The highest BCUT2D eigenvalue weighted by Gasteiger charge is 2.31. The molecule has 4 rings (SSSR count). The number of aromatic nitrogens is 1. The van der Waals surface area contributed by atoms with E-state index in [1.54, 1.807) is 24.3 Å². The largest absolute Gasteiger partial charge is 0.330 e. The van der Waals surface area contributed by atoms with Crippen molar-refractivity contribution >= 4 is 29.1 Å². The number of carbonyl (C=O) groups is 2. The first kappa shape index (κ1) is 21.1. The van der Waals surface area contributed by atoms with Crippen LogP contribution in [0.4, 0.5) is 5.69 Å². The number of pyridine rings is 1. The SMILES string of the molecule is CC(=O)Nc1ccc(C(=O)N2CCCC2c2cccc(Cc3ccc(Cl)cc3)n2)cc1. The Bertz CT molecular complexity index is 1080. The van der Waals surface area contributed by atoms with Gasteiger partial charge in [0.15, 0.2) is 0 Å². The molecular formula is C25H24ClN3O2. The maximum absolute atomic E-state index is 13.2. The predicted octanol–water partition coefficient (Wildman–Crippen LogP) is 5.26. The summed E-state index contributed by atoms with van der Waals surface area (Å²) < 4.78 is 0. The van der Waals surface area contributed by atoms with E-state index in [1.165, 1.54) is 6.92 Å². The fourth-order valence-electron chi connectivity index (χ4n) is 3.98. The van der Waals surface area contributed by atoms with Gasteiger partial charge in [0, 0.05) is 41.9 Å². The van der Waals surface area contributed by atoms with Crippen molar-refractivity contribution in [3.63, 3.8) is 0 Å². The van der Waals surface area contributed by atoms with Crippen LogP contribution in [-0.4, -0.2) is 28.2 Å². The molecule has 2 heterocycles. The lowest BCUT2D eigenvalue weighted by Gasteiger charge is -2.25. The zero-order valence-corrected chi connectivity index (χ0v) is 18.1. The second kappa shape index (κ2) is 9.31. The van der Waals surface area contributed by atoms with Gasteiger partial charge in [-0.2, -0.15) is 0 Å². The van der Waals surface area contributed by atoms with Crippen molar-refractivity contribution in [1.82, 2.24) is 9.88 Å². The van der Waals surface area contributed by atoms with Gasteiger partial charge in [0.1, 0.15) is 0 Å². The van der Waals surface area contributed by atoms with Gasteiger partial charge < -0.3 is 10.2 Å². The first-order valence-electron chi connectivity index (χ1n) is 10.4. The van der Waals surface area contributed by atoms with E-state index in [-0.39, 0.29) is 17.9 Å². The summed E-state index contributed by atoms with van der Waals surface area (Å²) in [6, 6.07) is 20.8. The smallest absolute Gasteiger partial charge is 0.254 e. The Kier molecular flexibility index (Phi) is 6.33. The Labute approximate surface area is 187 Å². The van der Waals surface area contributed by atoms with Gasteiger partial charge in [-0.05, 0) is 66.9 Å². The standard InChI is InChI=1S/C25H24ClN3O2/c1-17(30)27-21-13-9-19(10-14-21)25(31)29-15-3-6-24(29)23-5-2-4-22(28-23)16-18-7-11-20(26)12-8-18/h2,4-5,7-14,24H,3,6,15-16H2,1H3,(H,27,30). The zero-order chi connectivity index (χ0) is 21.8. The van der Waals surface area contributed by atoms with E-state index in [0.717, 1.165) is 41.2 Å². The number of halogens is 1. The Hall–Kier alpha value is -3.18. The van der Waals surface area contributed by atoms with Crippen molar-refractivity contribution in [2.45, 2.75) is 32.2 Å². The molecule has 1 aliphatic heterocycles. The zero-order valence-electron chi connectivity index (χ0n) is 17.3. The lowest BCUT2D eigenvalue weighted by molar-refractivity contribution is -0.114. The molecule has 1 atom stereocenters. The molecule has 6 heteroatoms. The average Bonchev–Trinajstić information content (AvgIpc) is 3.25. The molecule has 2 amide bonds. The van der Waals surface area contributed by atoms with Crippen LogP contribution in [0.3, 0.4) is 0 Å². The van der Waals surface area contributed by atoms with Crippen molar-refractivity contribution < 1.29 is 9.59 Å². The van der Waals surface area contributed by atoms with Gasteiger partial charge in [-0.1, -0.05) is 29.8 Å². The Morgan fingerprint density at radius 1 is 1.06 bits per heavy atom. The molecule has 0 bridgehead atoms. The molecule has 1 aromatic heterocycles. The maximum Gasteiger partial charge on any atom is 0.254 e. The minimum Gasteiger partial charge on any atom is -0.330 e. The predicted molar refractivity (Wildman–Crippen MR) is 122 cm³/mol. The van der Waals surface area contributed by atoms with E-state index in [0.29, 0.717) is 17.8 Å². The third-order valence-electron chi connectivity index (χ3n) is 5.43.